The zero-order valence-corrected chi connectivity index (χ0v) is 21.6. The predicted octanol–water partition coefficient (Wildman–Crippen LogP) is 5.28. The van der Waals surface area contributed by atoms with Gasteiger partial charge in [-0.05, 0) is 50.8 Å². The molecular formula is C27H36F3N3O4. The number of benzene rings is 1. The largest absolute Gasteiger partial charge is 0.491 e. The Morgan fingerprint density at radius 1 is 1.16 bits per heavy atom. The summed E-state index contributed by atoms with van der Waals surface area (Å²) in [6.45, 7) is 5.72. The molecule has 204 valence electrons. The van der Waals surface area contributed by atoms with Gasteiger partial charge in [0.25, 0.3) is 11.8 Å². The molecule has 10 heteroatoms. The number of amides is 1. The molecular weight excluding hydrogens is 487 g/mol. The van der Waals surface area contributed by atoms with Crippen LogP contribution in [-0.2, 0) is 18.0 Å². The van der Waals surface area contributed by atoms with E-state index in [2.05, 4.69) is 9.97 Å². The average molecular weight is 524 g/mol. The van der Waals surface area contributed by atoms with Crippen LogP contribution in [0.2, 0.25) is 0 Å². The van der Waals surface area contributed by atoms with E-state index in [1.807, 2.05) is 20.8 Å². The number of aliphatic hydroxyl groups is 1. The molecule has 1 amide bonds. The van der Waals surface area contributed by atoms with Crippen molar-refractivity contribution in [2.24, 2.45) is 0 Å². The highest BCUT2D eigenvalue weighted by Gasteiger charge is 2.39. The first-order chi connectivity index (χ1) is 17.5. The van der Waals surface area contributed by atoms with Gasteiger partial charge in [-0.3, -0.25) is 4.79 Å². The lowest BCUT2D eigenvalue weighted by molar-refractivity contribution is -0.137. The predicted molar refractivity (Wildman–Crippen MR) is 133 cm³/mol. The molecule has 1 aliphatic carbocycles. The minimum absolute atomic E-state index is 0.0821. The fourth-order valence-corrected chi connectivity index (χ4v) is 4.93. The number of hydrogen-bond donors (Lipinski definition) is 2. The van der Waals surface area contributed by atoms with Crippen LogP contribution in [0.5, 0.6) is 11.6 Å². The number of ether oxygens (including phenoxy) is 1. The van der Waals surface area contributed by atoms with Gasteiger partial charge in [-0.15, -0.1) is 0 Å². The molecule has 0 saturated heterocycles. The second kappa shape index (κ2) is 12.1. The maximum absolute atomic E-state index is 13.5. The van der Waals surface area contributed by atoms with E-state index in [9.17, 15) is 28.2 Å². The maximum Gasteiger partial charge on any atom is 0.416 e. The highest BCUT2D eigenvalue weighted by Crippen LogP contribution is 2.44. The summed E-state index contributed by atoms with van der Waals surface area (Å²) in [5.74, 6) is -0.818. The van der Waals surface area contributed by atoms with Crippen molar-refractivity contribution < 1.29 is 32.9 Å². The second-order valence-electron chi connectivity index (χ2n) is 9.90. The average Bonchev–Trinajstić information content (AvgIpc) is 3.32. The van der Waals surface area contributed by atoms with Crippen LogP contribution < -0.4 is 4.74 Å². The van der Waals surface area contributed by atoms with E-state index in [0.29, 0.717) is 6.42 Å². The molecule has 2 N–H and O–H groups in total. The summed E-state index contributed by atoms with van der Waals surface area (Å²) in [5.41, 5.74) is -0.551. The topological polar surface area (TPSA) is 95.8 Å². The molecule has 7 nitrogen and oxygen atoms in total. The molecule has 37 heavy (non-hydrogen) atoms. The number of halogens is 3. The van der Waals surface area contributed by atoms with E-state index < -0.39 is 28.9 Å². The third kappa shape index (κ3) is 6.71. The van der Waals surface area contributed by atoms with Gasteiger partial charge >= 0.3 is 6.18 Å². The van der Waals surface area contributed by atoms with Gasteiger partial charge in [0.05, 0.1) is 18.8 Å². The van der Waals surface area contributed by atoms with Crippen molar-refractivity contribution in [3.63, 3.8) is 0 Å². The molecule has 1 aromatic heterocycles. The molecule has 1 aromatic carbocycles. The Kier molecular flexibility index (Phi) is 9.39. The number of unbranched alkanes of at least 4 members (excludes halogenated alkanes) is 1. The Balaban J connectivity index is 2.02. The Labute approximate surface area is 215 Å². The molecule has 1 saturated carbocycles. The summed E-state index contributed by atoms with van der Waals surface area (Å²) in [6.07, 6.45) is 0.631. The number of nitrogens with zero attached hydrogens (tertiary/aromatic N) is 3. The lowest BCUT2D eigenvalue weighted by Gasteiger charge is -2.30. The number of hydrogen-bond acceptors (Lipinski definition) is 6. The van der Waals surface area contributed by atoms with Crippen LogP contribution in [0.25, 0.3) is 0 Å². The highest BCUT2D eigenvalue weighted by atomic mass is 19.4. The summed E-state index contributed by atoms with van der Waals surface area (Å²) in [4.78, 5) is 23.7. The molecule has 0 bridgehead atoms. The molecule has 0 atom stereocenters. The molecule has 1 heterocycles. The van der Waals surface area contributed by atoms with Gasteiger partial charge in [-0.2, -0.15) is 18.2 Å². The smallest absolute Gasteiger partial charge is 0.416 e. The maximum atomic E-state index is 13.5. The normalized spacial score (nSPS) is 15.2. The van der Waals surface area contributed by atoms with E-state index in [1.165, 1.54) is 17.0 Å². The fraction of sp³-hybridized carbons (Fsp3) is 0.593. The van der Waals surface area contributed by atoms with Crippen LogP contribution in [-0.4, -0.2) is 56.8 Å². The van der Waals surface area contributed by atoms with Crippen molar-refractivity contribution >= 4 is 5.91 Å². The van der Waals surface area contributed by atoms with E-state index in [1.54, 1.807) is 0 Å². The van der Waals surface area contributed by atoms with Crippen molar-refractivity contribution in [2.45, 2.75) is 83.4 Å². The number of rotatable bonds is 11. The monoisotopic (exact) mass is 523 g/mol. The minimum atomic E-state index is -4.42. The third-order valence-electron chi connectivity index (χ3n) is 6.95. The minimum Gasteiger partial charge on any atom is -0.491 e. The van der Waals surface area contributed by atoms with Crippen LogP contribution in [0.15, 0.2) is 24.3 Å². The first-order valence-electron chi connectivity index (χ1n) is 12.8. The quantitative estimate of drug-likeness (QED) is 0.389. The number of aliphatic hydroxyl groups excluding tert-OH is 1. The zero-order chi connectivity index (χ0) is 27.2. The van der Waals surface area contributed by atoms with Crippen LogP contribution in [0.4, 0.5) is 13.2 Å². The molecule has 0 unspecified atom stereocenters. The van der Waals surface area contributed by atoms with E-state index >= 15 is 0 Å². The van der Waals surface area contributed by atoms with Gasteiger partial charge < -0.3 is 19.8 Å². The van der Waals surface area contributed by atoms with Crippen LogP contribution in [0.3, 0.4) is 0 Å². The zero-order valence-electron chi connectivity index (χ0n) is 21.6. The van der Waals surface area contributed by atoms with Crippen LogP contribution in [0.1, 0.15) is 86.7 Å². The number of alkyl halides is 3. The first-order valence-corrected chi connectivity index (χ1v) is 12.8. The fourth-order valence-electron chi connectivity index (χ4n) is 4.93. The standard InChI is InChI=1S/C27H36F3N3O4/c1-4-5-16-37-23-22(25(36)33(14-15-34)18(2)3)31-21(32-24(23)35)17-26(12-6-7-13-26)19-8-10-20(11-9-19)27(28,29)30/h8-11,18,34H,4-7,12-17H2,1-3H3,(H,31,32,35). The van der Waals surface area contributed by atoms with Gasteiger partial charge in [0.1, 0.15) is 5.82 Å². The highest BCUT2D eigenvalue weighted by molar-refractivity contribution is 5.95. The Morgan fingerprint density at radius 2 is 1.81 bits per heavy atom. The SMILES string of the molecule is CCCCOc1c(O)nc(CC2(c3ccc(C(F)(F)F)cc3)CCCC2)nc1C(=O)N(CCO)C(C)C. The number of carbonyl (C=O) groups is 1. The Bertz CT molecular complexity index is 1050. The van der Waals surface area contributed by atoms with Crippen molar-refractivity contribution in [2.75, 3.05) is 19.8 Å². The summed E-state index contributed by atoms with van der Waals surface area (Å²) in [7, 11) is 0. The molecule has 0 aliphatic heterocycles. The molecule has 0 spiro atoms. The number of aromatic nitrogens is 2. The molecule has 1 fully saturated rings. The van der Waals surface area contributed by atoms with Gasteiger partial charge in [0.2, 0.25) is 5.75 Å². The van der Waals surface area contributed by atoms with Gasteiger partial charge in [0, 0.05) is 24.4 Å². The molecule has 3 rings (SSSR count). The lowest BCUT2D eigenvalue weighted by atomic mass is 9.75. The van der Waals surface area contributed by atoms with Crippen molar-refractivity contribution in [1.29, 1.82) is 0 Å². The second-order valence-corrected chi connectivity index (χ2v) is 9.90. The lowest BCUT2D eigenvalue weighted by Crippen LogP contribution is -2.40. The van der Waals surface area contributed by atoms with Gasteiger partial charge in [-0.1, -0.05) is 38.3 Å². The van der Waals surface area contributed by atoms with E-state index in [-0.39, 0.29) is 49.5 Å². The third-order valence-corrected chi connectivity index (χ3v) is 6.95. The molecule has 2 aromatic rings. The van der Waals surface area contributed by atoms with E-state index in [4.69, 9.17) is 4.74 Å². The van der Waals surface area contributed by atoms with Crippen molar-refractivity contribution in [1.82, 2.24) is 14.9 Å². The summed E-state index contributed by atoms with van der Waals surface area (Å²) in [6, 6.07) is 4.94. The molecule has 1 aliphatic rings. The van der Waals surface area contributed by atoms with Crippen molar-refractivity contribution in [3.8, 4) is 11.6 Å². The Hall–Kier alpha value is -2.88. The first kappa shape index (κ1) is 28.7. The van der Waals surface area contributed by atoms with Crippen LogP contribution >= 0.6 is 0 Å². The summed E-state index contributed by atoms with van der Waals surface area (Å²) in [5, 5.41) is 20.3. The molecule has 0 radical (unpaired) electrons. The number of aromatic hydroxyl groups is 1. The van der Waals surface area contributed by atoms with E-state index in [0.717, 1.165) is 49.8 Å². The van der Waals surface area contributed by atoms with Gasteiger partial charge in [-0.25, -0.2) is 4.98 Å². The Morgan fingerprint density at radius 3 is 2.35 bits per heavy atom. The summed E-state index contributed by atoms with van der Waals surface area (Å²) < 4.78 is 45.1. The van der Waals surface area contributed by atoms with Crippen molar-refractivity contribution in [3.05, 3.63) is 46.9 Å². The summed E-state index contributed by atoms with van der Waals surface area (Å²) >= 11 is 0. The van der Waals surface area contributed by atoms with Crippen LogP contribution in [0, 0.1) is 0 Å². The number of carbonyl (C=O) groups excluding carboxylic acids is 1. The van der Waals surface area contributed by atoms with Gasteiger partial charge in [0.15, 0.2) is 5.69 Å².